The quantitative estimate of drug-likeness (QED) is 0.546. The molecule has 6 heteroatoms. The van der Waals surface area contributed by atoms with Crippen molar-refractivity contribution in [2.24, 2.45) is 0 Å². The van der Waals surface area contributed by atoms with Crippen LogP contribution in [-0.4, -0.2) is 15.0 Å². The molecule has 0 radical (unpaired) electrons. The zero-order chi connectivity index (χ0) is 9.59. The first kappa shape index (κ1) is 7.78. The molecule has 4 N–H and O–H groups in total. The molecule has 0 unspecified atom stereocenters. The van der Waals surface area contributed by atoms with E-state index < -0.39 is 11.4 Å². The molecule has 0 aromatic carbocycles. The molecule has 13 heavy (non-hydrogen) atoms. The van der Waals surface area contributed by atoms with Crippen LogP contribution in [0.4, 0.5) is 10.2 Å². The van der Waals surface area contributed by atoms with Crippen molar-refractivity contribution in [1.29, 1.82) is 0 Å². The Hall–Kier alpha value is -1.85. The molecular formula is C7H7FN4O. The Labute approximate surface area is 71.8 Å². The SMILES string of the molecule is Cc1nc2c(F)c(N)[nH]c(=O)c2[nH]1. The number of aromatic nitrogens is 3. The number of halogens is 1. The normalized spacial score (nSPS) is 10.9. The number of hydrogen-bond acceptors (Lipinski definition) is 3. The van der Waals surface area contributed by atoms with Gasteiger partial charge in [0, 0.05) is 0 Å². The molecule has 0 fully saturated rings. The van der Waals surface area contributed by atoms with Gasteiger partial charge in [-0.2, -0.15) is 0 Å². The van der Waals surface area contributed by atoms with Gasteiger partial charge >= 0.3 is 0 Å². The fraction of sp³-hybridized carbons (Fsp3) is 0.143. The summed E-state index contributed by atoms with van der Waals surface area (Å²) in [4.78, 5) is 19.8. The van der Waals surface area contributed by atoms with Gasteiger partial charge in [-0.05, 0) is 6.92 Å². The van der Waals surface area contributed by atoms with Crippen molar-refractivity contribution >= 4 is 16.9 Å². The highest BCUT2D eigenvalue weighted by atomic mass is 19.1. The van der Waals surface area contributed by atoms with Crippen molar-refractivity contribution in [2.45, 2.75) is 6.92 Å². The van der Waals surface area contributed by atoms with E-state index in [4.69, 9.17) is 5.73 Å². The number of rotatable bonds is 0. The Morgan fingerprint density at radius 2 is 2.15 bits per heavy atom. The Balaban J connectivity index is 3.04. The Kier molecular flexibility index (Phi) is 1.39. The van der Waals surface area contributed by atoms with Crippen molar-refractivity contribution in [3.63, 3.8) is 0 Å². The first-order chi connectivity index (χ1) is 6.09. The van der Waals surface area contributed by atoms with E-state index >= 15 is 0 Å². The van der Waals surface area contributed by atoms with Gasteiger partial charge in [0.15, 0.2) is 5.82 Å². The van der Waals surface area contributed by atoms with Crippen molar-refractivity contribution in [3.05, 3.63) is 22.0 Å². The van der Waals surface area contributed by atoms with E-state index in [9.17, 15) is 9.18 Å². The highest BCUT2D eigenvalue weighted by Crippen LogP contribution is 2.14. The highest BCUT2D eigenvalue weighted by Gasteiger charge is 2.12. The van der Waals surface area contributed by atoms with Gasteiger partial charge in [-0.15, -0.1) is 0 Å². The summed E-state index contributed by atoms with van der Waals surface area (Å²) in [6, 6.07) is 0. The van der Waals surface area contributed by atoms with Crippen LogP contribution in [0.5, 0.6) is 0 Å². The van der Waals surface area contributed by atoms with Crippen LogP contribution in [0.15, 0.2) is 4.79 Å². The van der Waals surface area contributed by atoms with Crippen LogP contribution in [0.3, 0.4) is 0 Å². The largest absolute Gasteiger partial charge is 0.383 e. The number of H-pyrrole nitrogens is 2. The maximum atomic E-state index is 13.2. The second-order valence-corrected chi connectivity index (χ2v) is 2.73. The first-order valence-corrected chi connectivity index (χ1v) is 3.63. The number of nitrogens with one attached hydrogen (secondary N) is 2. The minimum absolute atomic E-state index is 0.0150. The van der Waals surface area contributed by atoms with Gasteiger partial charge in [0.05, 0.1) is 0 Å². The summed E-state index contributed by atoms with van der Waals surface area (Å²) in [7, 11) is 0. The zero-order valence-corrected chi connectivity index (χ0v) is 6.81. The summed E-state index contributed by atoms with van der Waals surface area (Å²) in [5, 5.41) is 0. The van der Waals surface area contributed by atoms with E-state index in [1.807, 2.05) is 0 Å². The number of anilines is 1. The van der Waals surface area contributed by atoms with Gasteiger partial charge in [0.2, 0.25) is 0 Å². The van der Waals surface area contributed by atoms with Crippen LogP contribution < -0.4 is 11.3 Å². The number of hydrogen-bond donors (Lipinski definition) is 3. The lowest BCUT2D eigenvalue weighted by atomic mass is 10.4. The molecule has 0 aliphatic carbocycles. The average molecular weight is 182 g/mol. The Bertz CT molecular complexity index is 527. The summed E-state index contributed by atoms with van der Waals surface area (Å²) in [5.41, 5.74) is 4.85. The Morgan fingerprint density at radius 1 is 1.46 bits per heavy atom. The molecule has 0 saturated carbocycles. The number of fused-ring (bicyclic) bond motifs is 1. The third-order valence-electron chi connectivity index (χ3n) is 1.74. The van der Waals surface area contributed by atoms with Gasteiger partial charge in [-0.25, -0.2) is 9.37 Å². The number of aryl methyl sites for hydroxylation is 1. The minimum Gasteiger partial charge on any atom is -0.383 e. The summed E-state index contributed by atoms with van der Waals surface area (Å²) >= 11 is 0. The molecule has 0 atom stereocenters. The number of aromatic amines is 2. The molecule has 0 saturated heterocycles. The summed E-state index contributed by atoms with van der Waals surface area (Å²) in [5.74, 6) is -0.507. The van der Waals surface area contributed by atoms with Crippen LogP contribution in [0.2, 0.25) is 0 Å². The van der Waals surface area contributed by atoms with Gasteiger partial charge in [0.25, 0.3) is 5.56 Å². The van der Waals surface area contributed by atoms with E-state index in [1.54, 1.807) is 6.92 Å². The monoisotopic (exact) mass is 182 g/mol. The predicted octanol–water partition coefficient (Wildman–Crippen LogP) is 0.281. The molecule has 5 nitrogen and oxygen atoms in total. The standard InChI is InChI=1S/C7H7FN4O/c1-2-10-4-3(8)6(9)12-7(13)5(4)11-2/h1H3,(H,10,11)(H3,9,12,13). The summed E-state index contributed by atoms with van der Waals surface area (Å²) < 4.78 is 13.2. The number of nitrogen functional groups attached to an aromatic ring is 1. The Morgan fingerprint density at radius 3 is 2.85 bits per heavy atom. The number of nitrogens with two attached hydrogens (primary N) is 1. The molecule has 0 aliphatic heterocycles. The smallest absolute Gasteiger partial charge is 0.275 e. The lowest BCUT2D eigenvalue weighted by molar-refractivity contribution is 0.636. The van der Waals surface area contributed by atoms with E-state index in [0.29, 0.717) is 5.82 Å². The molecule has 2 heterocycles. The second kappa shape index (κ2) is 2.32. The lowest BCUT2D eigenvalue weighted by Crippen LogP contribution is -2.11. The summed E-state index contributed by atoms with van der Waals surface area (Å²) in [6.07, 6.45) is 0. The molecule has 68 valence electrons. The fourth-order valence-corrected chi connectivity index (χ4v) is 1.18. The minimum atomic E-state index is -0.695. The third-order valence-corrected chi connectivity index (χ3v) is 1.74. The third kappa shape index (κ3) is 0.986. The van der Waals surface area contributed by atoms with Crippen LogP contribution in [-0.2, 0) is 0 Å². The first-order valence-electron chi connectivity index (χ1n) is 3.63. The van der Waals surface area contributed by atoms with E-state index in [0.717, 1.165) is 0 Å². The molecular weight excluding hydrogens is 175 g/mol. The van der Waals surface area contributed by atoms with Crippen molar-refractivity contribution in [2.75, 3.05) is 5.73 Å². The van der Waals surface area contributed by atoms with Crippen molar-refractivity contribution < 1.29 is 4.39 Å². The van der Waals surface area contributed by atoms with Gasteiger partial charge < -0.3 is 15.7 Å². The molecule has 2 aromatic rings. The topological polar surface area (TPSA) is 87.6 Å². The van der Waals surface area contributed by atoms with Crippen LogP contribution in [0.1, 0.15) is 5.82 Å². The predicted molar refractivity (Wildman–Crippen MR) is 45.8 cm³/mol. The average Bonchev–Trinajstić information content (AvgIpc) is 2.44. The maximum Gasteiger partial charge on any atom is 0.275 e. The molecule has 0 bridgehead atoms. The second-order valence-electron chi connectivity index (χ2n) is 2.73. The van der Waals surface area contributed by atoms with Crippen molar-refractivity contribution in [3.8, 4) is 0 Å². The molecule has 0 aliphatic rings. The van der Waals surface area contributed by atoms with Crippen molar-refractivity contribution in [1.82, 2.24) is 15.0 Å². The zero-order valence-electron chi connectivity index (χ0n) is 6.81. The van der Waals surface area contributed by atoms with Crippen LogP contribution in [0, 0.1) is 12.7 Å². The van der Waals surface area contributed by atoms with E-state index in [-0.39, 0.29) is 16.9 Å². The fourth-order valence-electron chi connectivity index (χ4n) is 1.18. The van der Waals surface area contributed by atoms with E-state index in [2.05, 4.69) is 15.0 Å². The van der Waals surface area contributed by atoms with Gasteiger partial charge in [-0.1, -0.05) is 0 Å². The molecule has 0 amide bonds. The lowest BCUT2D eigenvalue weighted by Gasteiger charge is -1.94. The molecule has 2 rings (SSSR count). The van der Waals surface area contributed by atoms with Gasteiger partial charge in [0.1, 0.15) is 22.7 Å². The molecule has 0 spiro atoms. The molecule has 2 aromatic heterocycles. The van der Waals surface area contributed by atoms with Crippen LogP contribution >= 0.6 is 0 Å². The van der Waals surface area contributed by atoms with E-state index in [1.165, 1.54) is 0 Å². The van der Waals surface area contributed by atoms with Crippen LogP contribution in [0.25, 0.3) is 11.0 Å². The number of pyridine rings is 1. The highest BCUT2D eigenvalue weighted by molar-refractivity contribution is 5.77. The number of nitrogens with zero attached hydrogens (tertiary/aromatic N) is 1. The summed E-state index contributed by atoms with van der Waals surface area (Å²) in [6.45, 7) is 1.63. The number of imidazole rings is 1. The van der Waals surface area contributed by atoms with Gasteiger partial charge in [-0.3, -0.25) is 4.79 Å². The maximum absolute atomic E-state index is 13.2.